The quantitative estimate of drug-likeness (QED) is 0.891. The first kappa shape index (κ1) is 13.7. The van der Waals surface area contributed by atoms with Gasteiger partial charge < -0.3 is 10.1 Å². The van der Waals surface area contributed by atoms with Crippen molar-refractivity contribution in [2.24, 2.45) is 0 Å². The number of rotatable bonds is 5. The first-order chi connectivity index (χ1) is 9.15. The van der Waals surface area contributed by atoms with Gasteiger partial charge in [0, 0.05) is 17.9 Å². The van der Waals surface area contributed by atoms with Gasteiger partial charge in [0.05, 0.1) is 10.7 Å². The average Bonchev–Trinajstić information content (AvgIpc) is 2.38. The minimum atomic E-state index is 0.372. The number of nitrogens with one attached hydrogen (secondary N) is 1. The number of ether oxygens (including phenoxy) is 1. The highest BCUT2D eigenvalue weighted by molar-refractivity contribution is 6.32. The Kier molecular flexibility index (Phi) is 4.63. The maximum atomic E-state index is 6.19. The number of aromatic nitrogens is 1. The van der Waals surface area contributed by atoms with Gasteiger partial charge in [-0.25, -0.2) is 0 Å². The molecule has 0 fully saturated rings. The van der Waals surface area contributed by atoms with Crippen LogP contribution >= 0.6 is 11.6 Å². The molecule has 1 aromatic carbocycles. The van der Waals surface area contributed by atoms with Crippen molar-refractivity contribution in [3.05, 3.63) is 53.3 Å². The van der Waals surface area contributed by atoms with Crippen LogP contribution in [0.3, 0.4) is 0 Å². The molecule has 3 nitrogen and oxygen atoms in total. The summed E-state index contributed by atoms with van der Waals surface area (Å²) in [5.41, 5.74) is 1.87. The van der Waals surface area contributed by atoms with E-state index in [0.717, 1.165) is 11.4 Å². The third kappa shape index (κ3) is 4.14. The lowest BCUT2D eigenvalue weighted by molar-refractivity contribution is 0.301. The molecule has 0 radical (unpaired) electrons. The van der Waals surface area contributed by atoms with E-state index in [9.17, 15) is 0 Å². The van der Waals surface area contributed by atoms with Crippen LogP contribution in [0.15, 0.2) is 42.6 Å². The van der Waals surface area contributed by atoms with E-state index in [1.807, 2.05) is 36.4 Å². The highest BCUT2D eigenvalue weighted by atomic mass is 35.5. The standard InChI is InChI=1S/C15H17ClN2O/c1-11(2)18-12-6-7-15(14(16)9-12)19-10-13-5-3-4-8-17-13/h3-9,11,18H,10H2,1-2H3. The van der Waals surface area contributed by atoms with E-state index in [1.165, 1.54) is 0 Å². The van der Waals surface area contributed by atoms with Gasteiger partial charge in [-0.3, -0.25) is 4.98 Å². The Balaban J connectivity index is 2.01. The van der Waals surface area contributed by atoms with Gasteiger partial charge >= 0.3 is 0 Å². The first-order valence-electron chi connectivity index (χ1n) is 6.24. The average molecular weight is 277 g/mol. The van der Waals surface area contributed by atoms with Crippen LogP contribution in [0.4, 0.5) is 5.69 Å². The lowest BCUT2D eigenvalue weighted by Crippen LogP contribution is -2.09. The van der Waals surface area contributed by atoms with Crippen molar-refractivity contribution in [3.63, 3.8) is 0 Å². The summed E-state index contributed by atoms with van der Waals surface area (Å²) in [6, 6.07) is 11.8. The number of hydrogen-bond donors (Lipinski definition) is 1. The Morgan fingerprint density at radius 3 is 2.74 bits per heavy atom. The molecule has 2 rings (SSSR count). The van der Waals surface area contributed by atoms with Crippen LogP contribution < -0.4 is 10.1 Å². The fourth-order valence-corrected chi connectivity index (χ4v) is 1.91. The number of hydrogen-bond acceptors (Lipinski definition) is 3. The Hall–Kier alpha value is -1.74. The highest BCUT2D eigenvalue weighted by Gasteiger charge is 2.04. The van der Waals surface area contributed by atoms with Crippen LogP contribution in [0, 0.1) is 0 Å². The number of halogens is 1. The topological polar surface area (TPSA) is 34.1 Å². The molecular formula is C15H17ClN2O. The molecule has 1 aromatic heterocycles. The summed E-state index contributed by atoms with van der Waals surface area (Å²) >= 11 is 6.19. The summed E-state index contributed by atoms with van der Waals surface area (Å²) in [6.07, 6.45) is 1.75. The predicted molar refractivity (Wildman–Crippen MR) is 78.8 cm³/mol. The molecule has 0 saturated heterocycles. The number of nitrogens with zero attached hydrogens (tertiary/aromatic N) is 1. The fraction of sp³-hybridized carbons (Fsp3) is 0.267. The molecule has 19 heavy (non-hydrogen) atoms. The minimum absolute atomic E-state index is 0.372. The third-order valence-electron chi connectivity index (χ3n) is 2.49. The van der Waals surface area contributed by atoms with Crippen molar-refractivity contribution in [2.75, 3.05) is 5.32 Å². The molecule has 0 aliphatic carbocycles. The van der Waals surface area contributed by atoms with E-state index < -0.39 is 0 Å². The molecular weight excluding hydrogens is 260 g/mol. The molecule has 0 spiro atoms. The molecule has 0 unspecified atom stereocenters. The molecule has 0 aliphatic rings. The zero-order valence-electron chi connectivity index (χ0n) is 11.1. The van der Waals surface area contributed by atoms with E-state index in [-0.39, 0.29) is 0 Å². The molecule has 0 amide bonds. The van der Waals surface area contributed by atoms with Crippen LogP contribution in [0.5, 0.6) is 5.75 Å². The first-order valence-corrected chi connectivity index (χ1v) is 6.62. The molecule has 0 saturated carbocycles. The second-order valence-electron chi connectivity index (χ2n) is 4.55. The summed E-state index contributed by atoms with van der Waals surface area (Å²) in [7, 11) is 0. The Labute approximate surface area is 118 Å². The van der Waals surface area contributed by atoms with Crippen molar-refractivity contribution >= 4 is 17.3 Å². The number of pyridine rings is 1. The van der Waals surface area contributed by atoms with Gasteiger partial charge in [0.1, 0.15) is 12.4 Å². The van der Waals surface area contributed by atoms with E-state index in [0.29, 0.717) is 23.4 Å². The summed E-state index contributed by atoms with van der Waals surface area (Å²) in [5.74, 6) is 0.668. The second kappa shape index (κ2) is 6.43. The maximum absolute atomic E-state index is 6.19. The van der Waals surface area contributed by atoms with Gasteiger partial charge in [0.2, 0.25) is 0 Å². The normalized spacial score (nSPS) is 10.5. The highest BCUT2D eigenvalue weighted by Crippen LogP contribution is 2.28. The Morgan fingerprint density at radius 2 is 2.11 bits per heavy atom. The monoisotopic (exact) mass is 276 g/mol. The summed E-state index contributed by atoms with van der Waals surface area (Å²) < 4.78 is 5.66. The van der Waals surface area contributed by atoms with E-state index in [1.54, 1.807) is 6.20 Å². The van der Waals surface area contributed by atoms with Crippen molar-refractivity contribution in [1.29, 1.82) is 0 Å². The van der Waals surface area contributed by atoms with Crippen LogP contribution in [0.1, 0.15) is 19.5 Å². The lowest BCUT2D eigenvalue weighted by atomic mass is 10.2. The largest absolute Gasteiger partial charge is 0.486 e. The molecule has 0 atom stereocenters. The Bertz CT molecular complexity index is 529. The molecule has 100 valence electrons. The van der Waals surface area contributed by atoms with Crippen molar-refractivity contribution in [2.45, 2.75) is 26.5 Å². The van der Waals surface area contributed by atoms with E-state index in [2.05, 4.69) is 24.1 Å². The zero-order chi connectivity index (χ0) is 13.7. The molecule has 1 heterocycles. The molecule has 4 heteroatoms. The van der Waals surface area contributed by atoms with Crippen LogP contribution in [0.2, 0.25) is 5.02 Å². The van der Waals surface area contributed by atoms with Gasteiger partial charge in [-0.15, -0.1) is 0 Å². The number of benzene rings is 1. The Morgan fingerprint density at radius 1 is 1.26 bits per heavy atom. The van der Waals surface area contributed by atoms with Crippen molar-refractivity contribution < 1.29 is 4.74 Å². The lowest BCUT2D eigenvalue weighted by Gasteiger charge is -2.12. The number of anilines is 1. The van der Waals surface area contributed by atoms with Gasteiger partial charge in [-0.2, -0.15) is 0 Å². The van der Waals surface area contributed by atoms with Gasteiger partial charge in [0.15, 0.2) is 0 Å². The van der Waals surface area contributed by atoms with Gasteiger partial charge in [0.25, 0.3) is 0 Å². The summed E-state index contributed by atoms with van der Waals surface area (Å²) in [4.78, 5) is 4.20. The van der Waals surface area contributed by atoms with Crippen LogP contribution in [-0.2, 0) is 6.61 Å². The summed E-state index contributed by atoms with van der Waals surface area (Å²) in [6.45, 7) is 4.58. The van der Waals surface area contributed by atoms with Gasteiger partial charge in [-0.05, 0) is 44.2 Å². The smallest absolute Gasteiger partial charge is 0.138 e. The SMILES string of the molecule is CC(C)Nc1ccc(OCc2ccccn2)c(Cl)c1. The maximum Gasteiger partial charge on any atom is 0.138 e. The van der Waals surface area contributed by atoms with Crippen LogP contribution in [0.25, 0.3) is 0 Å². The van der Waals surface area contributed by atoms with Crippen molar-refractivity contribution in [1.82, 2.24) is 4.98 Å². The molecule has 0 aliphatic heterocycles. The second-order valence-corrected chi connectivity index (χ2v) is 4.96. The van der Waals surface area contributed by atoms with E-state index in [4.69, 9.17) is 16.3 Å². The third-order valence-corrected chi connectivity index (χ3v) is 2.78. The molecule has 1 N–H and O–H groups in total. The minimum Gasteiger partial charge on any atom is -0.486 e. The fourth-order valence-electron chi connectivity index (χ4n) is 1.68. The predicted octanol–water partition coefficient (Wildman–Crippen LogP) is 4.13. The zero-order valence-corrected chi connectivity index (χ0v) is 11.8. The van der Waals surface area contributed by atoms with Crippen molar-refractivity contribution in [3.8, 4) is 5.75 Å². The molecule has 0 bridgehead atoms. The van der Waals surface area contributed by atoms with Crippen LogP contribution in [-0.4, -0.2) is 11.0 Å². The summed E-state index contributed by atoms with van der Waals surface area (Å²) in [5, 5.41) is 3.89. The van der Waals surface area contributed by atoms with E-state index >= 15 is 0 Å². The van der Waals surface area contributed by atoms with Gasteiger partial charge in [-0.1, -0.05) is 17.7 Å². The molecule has 2 aromatic rings.